The van der Waals surface area contributed by atoms with Crippen LogP contribution in [0.25, 0.3) is 0 Å². The molecule has 0 N–H and O–H groups in total. The first-order valence-corrected chi connectivity index (χ1v) is 6.60. The van der Waals surface area contributed by atoms with Crippen LogP contribution in [0.1, 0.15) is 5.56 Å². The molecular formula is C9H7BrN2S2. The minimum absolute atomic E-state index is 0.841. The van der Waals surface area contributed by atoms with Gasteiger partial charge < -0.3 is 0 Å². The number of halogens is 1. The van der Waals surface area contributed by atoms with Gasteiger partial charge in [0.25, 0.3) is 0 Å². The number of nitrogens with zero attached hydrogens (tertiary/aromatic N) is 2. The largest absolute Gasteiger partial charge is 0.184 e. The smallest absolute Gasteiger partial charge is 0.131 e. The number of benzene rings is 1. The molecule has 72 valence electrons. The summed E-state index contributed by atoms with van der Waals surface area (Å²) in [6.45, 7) is 0. The predicted octanol–water partition coefficient (Wildman–Crippen LogP) is 3.59. The van der Waals surface area contributed by atoms with E-state index < -0.39 is 0 Å². The fourth-order valence-electron chi connectivity index (χ4n) is 0.971. The Morgan fingerprint density at radius 2 is 2.00 bits per heavy atom. The third-order valence-electron chi connectivity index (χ3n) is 1.59. The fourth-order valence-corrected chi connectivity index (χ4v) is 3.37. The normalized spacial score (nSPS) is 10.4. The van der Waals surface area contributed by atoms with E-state index in [0.717, 1.165) is 14.0 Å². The first-order valence-electron chi connectivity index (χ1n) is 4.00. The molecule has 0 aliphatic rings. The lowest BCUT2D eigenvalue weighted by Gasteiger charge is -1.96. The molecule has 0 spiro atoms. The Balaban J connectivity index is 1.95. The summed E-state index contributed by atoms with van der Waals surface area (Å²) in [6, 6.07) is 10.3. The molecule has 2 nitrogen and oxygen atoms in total. The molecule has 1 aromatic carbocycles. The van der Waals surface area contributed by atoms with Crippen molar-refractivity contribution in [2.24, 2.45) is 0 Å². The molecular weight excluding hydrogens is 280 g/mol. The molecule has 2 rings (SSSR count). The monoisotopic (exact) mass is 286 g/mol. The van der Waals surface area contributed by atoms with Gasteiger partial charge in [0.2, 0.25) is 0 Å². The van der Waals surface area contributed by atoms with Crippen LogP contribution in [0, 0.1) is 0 Å². The van der Waals surface area contributed by atoms with Crippen LogP contribution in [-0.4, -0.2) is 10.2 Å². The Morgan fingerprint density at radius 1 is 1.21 bits per heavy atom. The standard InChI is InChI=1S/C9H7BrN2S2/c10-8-11-12-9(14-8)13-6-7-4-2-1-3-5-7/h1-5H,6H2. The Hall–Kier alpha value is -0.390. The quantitative estimate of drug-likeness (QED) is 0.807. The maximum Gasteiger partial charge on any atom is 0.184 e. The minimum Gasteiger partial charge on any atom is -0.131 e. The van der Waals surface area contributed by atoms with Crippen molar-refractivity contribution in [1.29, 1.82) is 0 Å². The third kappa shape index (κ3) is 2.80. The molecule has 0 fully saturated rings. The Morgan fingerprint density at radius 3 is 2.64 bits per heavy atom. The number of rotatable bonds is 3. The van der Waals surface area contributed by atoms with Gasteiger partial charge in [0.1, 0.15) is 0 Å². The van der Waals surface area contributed by atoms with Crippen molar-refractivity contribution < 1.29 is 0 Å². The summed E-state index contributed by atoms with van der Waals surface area (Å²) in [6.07, 6.45) is 0. The average Bonchev–Trinajstić information content (AvgIpc) is 2.63. The van der Waals surface area contributed by atoms with Crippen LogP contribution < -0.4 is 0 Å². The van der Waals surface area contributed by atoms with Crippen LogP contribution in [0.2, 0.25) is 0 Å². The summed E-state index contributed by atoms with van der Waals surface area (Å²) in [5.41, 5.74) is 1.31. The van der Waals surface area contributed by atoms with Crippen molar-refractivity contribution in [3.63, 3.8) is 0 Å². The van der Waals surface area contributed by atoms with Crippen LogP contribution >= 0.6 is 39.0 Å². The molecule has 0 radical (unpaired) electrons. The van der Waals surface area contributed by atoms with E-state index in [9.17, 15) is 0 Å². The van der Waals surface area contributed by atoms with Crippen molar-refractivity contribution in [2.75, 3.05) is 0 Å². The van der Waals surface area contributed by atoms with E-state index in [1.165, 1.54) is 5.56 Å². The molecule has 0 saturated carbocycles. The van der Waals surface area contributed by atoms with Gasteiger partial charge >= 0.3 is 0 Å². The average molecular weight is 287 g/mol. The van der Waals surface area contributed by atoms with Crippen molar-refractivity contribution in [1.82, 2.24) is 10.2 Å². The summed E-state index contributed by atoms with van der Waals surface area (Å²) in [5.74, 6) is 0.947. The van der Waals surface area contributed by atoms with Gasteiger partial charge in [-0.3, -0.25) is 0 Å². The number of aromatic nitrogens is 2. The lowest BCUT2D eigenvalue weighted by Crippen LogP contribution is -1.78. The number of thioether (sulfide) groups is 1. The van der Waals surface area contributed by atoms with Crippen LogP contribution in [0.5, 0.6) is 0 Å². The third-order valence-corrected chi connectivity index (χ3v) is 4.15. The zero-order valence-electron chi connectivity index (χ0n) is 7.18. The summed E-state index contributed by atoms with van der Waals surface area (Å²) < 4.78 is 1.84. The van der Waals surface area contributed by atoms with Gasteiger partial charge in [-0.05, 0) is 21.5 Å². The molecule has 1 aromatic heterocycles. The molecule has 14 heavy (non-hydrogen) atoms. The molecule has 0 amide bonds. The highest BCUT2D eigenvalue weighted by atomic mass is 79.9. The molecule has 0 saturated heterocycles. The Bertz CT molecular complexity index is 402. The second-order valence-electron chi connectivity index (χ2n) is 2.60. The van der Waals surface area contributed by atoms with Crippen molar-refractivity contribution in [3.8, 4) is 0 Å². The van der Waals surface area contributed by atoms with E-state index in [0.29, 0.717) is 0 Å². The molecule has 0 aliphatic carbocycles. The molecule has 1 heterocycles. The highest BCUT2D eigenvalue weighted by Crippen LogP contribution is 2.27. The first-order chi connectivity index (χ1) is 6.84. The van der Waals surface area contributed by atoms with E-state index in [4.69, 9.17) is 0 Å². The zero-order chi connectivity index (χ0) is 9.80. The summed E-state index contributed by atoms with van der Waals surface area (Å²) >= 11 is 6.56. The van der Waals surface area contributed by atoms with Crippen molar-refractivity contribution >= 4 is 39.0 Å². The predicted molar refractivity (Wildman–Crippen MR) is 63.6 cm³/mol. The van der Waals surface area contributed by atoms with Crippen LogP contribution in [-0.2, 0) is 5.75 Å². The van der Waals surface area contributed by atoms with Crippen LogP contribution in [0.4, 0.5) is 0 Å². The van der Waals surface area contributed by atoms with Crippen molar-refractivity contribution in [2.45, 2.75) is 10.1 Å². The van der Waals surface area contributed by atoms with Gasteiger partial charge in [0.15, 0.2) is 8.26 Å². The van der Waals surface area contributed by atoms with E-state index in [2.05, 4.69) is 38.3 Å². The van der Waals surface area contributed by atoms with Crippen LogP contribution in [0.15, 0.2) is 38.6 Å². The summed E-state index contributed by atoms with van der Waals surface area (Å²) in [5, 5.41) is 7.91. The maximum atomic E-state index is 4.02. The summed E-state index contributed by atoms with van der Waals surface area (Å²) in [4.78, 5) is 0. The molecule has 5 heteroatoms. The van der Waals surface area contributed by atoms with Gasteiger partial charge in [-0.25, -0.2) is 0 Å². The SMILES string of the molecule is Brc1nnc(SCc2ccccc2)s1. The molecule has 0 atom stereocenters. The topological polar surface area (TPSA) is 25.8 Å². The lowest BCUT2D eigenvalue weighted by molar-refractivity contribution is 0.997. The highest BCUT2D eigenvalue weighted by molar-refractivity contribution is 9.11. The molecule has 0 aliphatic heterocycles. The van der Waals surface area contributed by atoms with Gasteiger partial charge in [-0.2, -0.15) is 0 Å². The first kappa shape index (κ1) is 10.1. The number of hydrogen-bond donors (Lipinski definition) is 0. The maximum absolute atomic E-state index is 4.02. The highest BCUT2D eigenvalue weighted by Gasteiger charge is 2.01. The fraction of sp³-hybridized carbons (Fsp3) is 0.111. The van der Waals surface area contributed by atoms with Gasteiger partial charge in [0.05, 0.1) is 0 Å². The van der Waals surface area contributed by atoms with Gasteiger partial charge in [0, 0.05) is 5.75 Å². The number of hydrogen-bond acceptors (Lipinski definition) is 4. The summed E-state index contributed by atoms with van der Waals surface area (Å²) in [7, 11) is 0. The van der Waals surface area contributed by atoms with Gasteiger partial charge in [-0.1, -0.05) is 53.4 Å². The zero-order valence-corrected chi connectivity index (χ0v) is 10.4. The Labute approximate surface area is 98.9 Å². The van der Waals surface area contributed by atoms with E-state index in [1.54, 1.807) is 23.1 Å². The van der Waals surface area contributed by atoms with Crippen LogP contribution in [0.3, 0.4) is 0 Å². The second-order valence-corrected chi connectivity index (χ2v) is 6.07. The lowest BCUT2D eigenvalue weighted by atomic mass is 10.2. The van der Waals surface area contributed by atoms with Crippen molar-refractivity contribution in [3.05, 3.63) is 39.8 Å². The molecule has 0 unspecified atom stereocenters. The van der Waals surface area contributed by atoms with Gasteiger partial charge in [-0.15, -0.1) is 10.2 Å². The van der Waals surface area contributed by atoms with E-state index in [1.807, 2.05) is 18.2 Å². The molecule has 0 bridgehead atoms. The minimum atomic E-state index is 0.841. The second kappa shape index (κ2) is 4.91. The molecule has 2 aromatic rings. The van der Waals surface area contributed by atoms with E-state index >= 15 is 0 Å². The van der Waals surface area contributed by atoms with E-state index in [-0.39, 0.29) is 0 Å². The Kier molecular flexibility index (Phi) is 3.55.